The van der Waals surface area contributed by atoms with Gasteiger partial charge in [-0.05, 0) is 53.9 Å². The number of rotatable bonds is 4. The van der Waals surface area contributed by atoms with Gasteiger partial charge in [-0.25, -0.2) is 4.39 Å². The predicted octanol–water partition coefficient (Wildman–Crippen LogP) is 5.05. The van der Waals surface area contributed by atoms with Crippen molar-refractivity contribution in [1.29, 1.82) is 0 Å². The monoisotopic (exact) mass is 374 g/mol. The first-order valence-electron chi connectivity index (χ1n) is 7.24. The van der Waals surface area contributed by atoms with Crippen LogP contribution in [0, 0.1) is 5.82 Å². The van der Waals surface area contributed by atoms with Gasteiger partial charge in [-0.15, -0.1) is 11.3 Å². The molecule has 1 aromatic heterocycles. The lowest BCUT2D eigenvalue weighted by Crippen LogP contribution is -2.14. The van der Waals surface area contributed by atoms with E-state index in [1.807, 2.05) is 5.38 Å². The number of hydrogen-bond acceptors (Lipinski definition) is 3. The van der Waals surface area contributed by atoms with Gasteiger partial charge in [-0.1, -0.05) is 17.7 Å². The highest BCUT2D eigenvalue weighted by Crippen LogP contribution is 2.20. The molecule has 3 rings (SSSR count). The Kier molecular flexibility index (Phi) is 5.11. The fourth-order valence-electron chi connectivity index (χ4n) is 2.09. The summed E-state index contributed by atoms with van der Waals surface area (Å²) in [5.41, 5.74) is 0.945. The molecule has 0 saturated heterocycles. The average molecular weight is 375 g/mol. The number of benzene rings is 2. The number of halogens is 2. The molecule has 4 nitrogen and oxygen atoms in total. The molecule has 0 bridgehead atoms. The van der Waals surface area contributed by atoms with Crippen molar-refractivity contribution in [2.75, 3.05) is 10.6 Å². The lowest BCUT2D eigenvalue weighted by Gasteiger charge is -2.08. The Bertz CT molecular complexity index is 911. The minimum Gasteiger partial charge on any atom is -0.321 e. The maximum Gasteiger partial charge on any atom is 0.265 e. The standard InChI is InChI=1S/C18H12ClFN2O2S/c19-12-5-8-15(14(20)10-12)22-17(23)11-3-6-13(7-4-11)21-18(24)16-2-1-9-25-16/h1-10H,(H,21,24)(H,22,23). The fraction of sp³-hybridized carbons (Fsp3) is 0. The van der Waals surface area contributed by atoms with Crippen molar-refractivity contribution in [3.05, 3.63) is 81.3 Å². The molecule has 126 valence electrons. The van der Waals surface area contributed by atoms with Gasteiger partial charge >= 0.3 is 0 Å². The zero-order valence-electron chi connectivity index (χ0n) is 12.8. The van der Waals surface area contributed by atoms with Gasteiger partial charge in [0.15, 0.2) is 0 Å². The molecule has 2 amide bonds. The Labute approximate surface area is 152 Å². The van der Waals surface area contributed by atoms with Gasteiger partial charge in [0, 0.05) is 16.3 Å². The predicted molar refractivity (Wildman–Crippen MR) is 98.1 cm³/mol. The quantitative estimate of drug-likeness (QED) is 0.671. The van der Waals surface area contributed by atoms with Crippen LogP contribution in [0.2, 0.25) is 5.02 Å². The second-order valence-electron chi connectivity index (χ2n) is 5.09. The molecule has 1 heterocycles. The van der Waals surface area contributed by atoms with Crippen LogP contribution in [-0.2, 0) is 0 Å². The Morgan fingerprint density at radius 3 is 2.36 bits per heavy atom. The number of nitrogens with one attached hydrogen (secondary N) is 2. The summed E-state index contributed by atoms with van der Waals surface area (Å²) in [6, 6.07) is 13.8. The van der Waals surface area contributed by atoms with Crippen LogP contribution in [0.25, 0.3) is 0 Å². The maximum atomic E-state index is 13.7. The molecule has 7 heteroatoms. The highest BCUT2D eigenvalue weighted by atomic mass is 35.5. The molecule has 2 N–H and O–H groups in total. The van der Waals surface area contributed by atoms with Crippen molar-refractivity contribution < 1.29 is 14.0 Å². The largest absolute Gasteiger partial charge is 0.321 e. The van der Waals surface area contributed by atoms with Crippen LogP contribution in [0.15, 0.2) is 60.0 Å². The summed E-state index contributed by atoms with van der Waals surface area (Å²) in [7, 11) is 0. The zero-order chi connectivity index (χ0) is 17.8. The molecule has 3 aromatic rings. The van der Waals surface area contributed by atoms with E-state index in [-0.39, 0.29) is 16.6 Å². The molecule has 0 aliphatic heterocycles. The van der Waals surface area contributed by atoms with E-state index in [0.717, 1.165) is 6.07 Å². The Hall–Kier alpha value is -2.70. The van der Waals surface area contributed by atoms with Crippen LogP contribution in [0.5, 0.6) is 0 Å². The van der Waals surface area contributed by atoms with Gasteiger partial charge in [0.1, 0.15) is 5.82 Å². The van der Waals surface area contributed by atoms with Gasteiger partial charge < -0.3 is 10.6 Å². The van der Waals surface area contributed by atoms with E-state index in [1.165, 1.54) is 23.5 Å². The molecule has 0 spiro atoms. The van der Waals surface area contributed by atoms with Gasteiger partial charge in [-0.3, -0.25) is 9.59 Å². The van der Waals surface area contributed by atoms with Crippen molar-refractivity contribution in [3.63, 3.8) is 0 Å². The fourth-order valence-corrected chi connectivity index (χ4v) is 2.87. The molecule has 0 unspecified atom stereocenters. The molecule has 25 heavy (non-hydrogen) atoms. The van der Waals surface area contributed by atoms with Crippen molar-refractivity contribution in [1.82, 2.24) is 0 Å². The SMILES string of the molecule is O=C(Nc1ccc(Cl)cc1F)c1ccc(NC(=O)c2cccs2)cc1. The van der Waals surface area contributed by atoms with Crippen LogP contribution >= 0.6 is 22.9 Å². The Morgan fingerprint density at radius 1 is 0.960 bits per heavy atom. The number of amides is 2. The molecule has 2 aromatic carbocycles. The molecule has 0 atom stereocenters. The normalized spacial score (nSPS) is 10.3. The van der Waals surface area contributed by atoms with Crippen LogP contribution in [0.3, 0.4) is 0 Å². The number of carbonyl (C=O) groups is 2. The van der Waals surface area contributed by atoms with E-state index in [1.54, 1.807) is 36.4 Å². The Morgan fingerprint density at radius 2 is 1.72 bits per heavy atom. The molecule has 0 fully saturated rings. The lowest BCUT2D eigenvalue weighted by atomic mass is 10.2. The third-order valence-corrected chi connectivity index (χ3v) is 4.43. The van der Waals surface area contributed by atoms with Crippen LogP contribution < -0.4 is 10.6 Å². The topological polar surface area (TPSA) is 58.2 Å². The van der Waals surface area contributed by atoms with E-state index >= 15 is 0 Å². The number of anilines is 2. The van der Waals surface area contributed by atoms with Gasteiger partial charge in [-0.2, -0.15) is 0 Å². The zero-order valence-corrected chi connectivity index (χ0v) is 14.3. The summed E-state index contributed by atoms with van der Waals surface area (Å²) < 4.78 is 13.7. The van der Waals surface area contributed by atoms with Gasteiger partial charge in [0.2, 0.25) is 0 Å². The van der Waals surface area contributed by atoms with Crippen molar-refractivity contribution >= 4 is 46.1 Å². The van der Waals surface area contributed by atoms with E-state index in [2.05, 4.69) is 10.6 Å². The first-order valence-corrected chi connectivity index (χ1v) is 8.50. The molecule has 0 saturated carbocycles. The highest BCUT2D eigenvalue weighted by molar-refractivity contribution is 7.12. The summed E-state index contributed by atoms with van der Waals surface area (Å²) in [5, 5.41) is 7.29. The van der Waals surface area contributed by atoms with Gasteiger partial charge in [0.05, 0.1) is 10.6 Å². The van der Waals surface area contributed by atoms with E-state index in [9.17, 15) is 14.0 Å². The first-order chi connectivity index (χ1) is 12.0. The van der Waals surface area contributed by atoms with Gasteiger partial charge in [0.25, 0.3) is 11.8 Å². The van der Waals surface area contributed by atoms with E-state index in [0.29, 0.717) is 16.1 Å². The molecule has 0 aliphatic rings. The average Bonchev–Trinajstić information content (AvgIpc) is 3.13. The highest BCUT2D eigenvalue weighted by Gasteiger charge is 2.11. The summed E-state index contributed by atoms with van der Waals surface area (Å²) in [4.78, 5) is 24.7. The summed E-state index contributed by atoms with van der Waals surface area (Å²) in [6.45, 7) is 0. The lowest BCUT2D eigenvalue weighted by molar-refractivity contribution is 0.102. The molecular weight excluding hydrogens is 363 g/mol. The van der Waals surface area contributed by atoms with Crippen LogP contribution in [0.4, 0.5) is 15.8 Å². The van der Waals surface area contributed by atoms with E-state index < -0.39 is 11.7 Å². The summed E-state index contributed by atoms with van der Waals surface area (Å²) >= 11 is 7.02. The Balaban J connectivity index is 1.67. The second-order valence-corrected chi connectivity index (χ2v) is 6.47. The molecule has 0 radical (unpaired) electrons. The maximum absolute atomic E-state index is 13.7. The molecular formula is C18H12ClFN2O2S. The van der Waals surface area contributed by atoms with E-state index in [4.69, 9.17) is 11.6 Å². The summed E-state index contributed by atoms with van der Waals surface area (Å²) in [5.74, 6) is -1.28. The number of hydrogen-bond donors (Lipinski definition) is 2. The minimum absolute atomic E-state index is 0.0458. The number of thiophene rings is 1. The third-order valence-electron chi connectivity index (χ3n) is 3.33. The number of carbonyl (C=O) groups excluding carboxylic acids is 2. The van der Waals surface area contributed by atoms with Crippen molar-refractivity contribution in [2.45, 2.75) is 0 Å². The van der Waals surface area contributed by atoms with Crippen molar-refractivity contribution in [3.8, 4) is 0 Å². The third kappa shape index (κ3) is 4.23. The van der Waals surface area contributed by atoms with Crippen LogP contribution in [0.1, 0.15) is 20.0 Å². The molecule has 0 aliphatic carbocycles. The summed E-state index contributed by atoms with van der Waals surface area (Å²) in [6.07, 6.45) is 0. The van der Waals surface area contributed by atoms with Crippen LogP contribution in [-0.4, -0.2) is 11.8 Å². The second kappa shape index (κ2) is 7.46. The first kappa shape index (κ1) is 17.1. The smallest absolute Gasteiger partial charge is 0.265 e. The van der Waals surface area contributed by atoms with Crippen molar-refractivity contribution in [2.24, 2.45) is 0 Å². The minimum atomic E-state index is -0.610.